The zero-order valence-corrected chi connectivity index (χ0v) is 14.8. The fourth-order valence-corrected chi connectivity index (χ4v) is 3.86. The van der Waals surface area contributed by atoms with Gasteiger partial charge < -0.3 is 9.16 Å². The van der Waals surface area contributed by atoms with Crippen molar-refractivity contribution in [1.29, 1.82) is 0 Å². The van der Waals surface area contributed by atoms with Crippen LogP contribution in [0.15, 0.2) is 72.2 Å². The van der Waals surface area contributed by atoms with Crippen LogP contribution in [0.2, 0.25) is 13.1 Å². The second kappa shape index (κ2) is 7.32. The standard InChI is InChI=1S/C19H24O2Si/c1-5-16(2)19(20-17-12-8-6-9-13-17)21-22(3,4)18-14-10-7-11-15-18/h6-15H,5H2,1-4H3/b19-16+. The van der Waals surface area contributed by atoms with Crippen LogP contribution in [0.5, 0.6) is 5.75 Å². The molecule has 0 unspecified atom stereocenters. The van der Waals surface area contributed by atoms with Crippen LogP contribution in [-0.2, 0) is 4.43 Å². The van der Waals surface area contributed by atoms with E-state index in [0.717, 1.165) is 17.7 Å². The minimum Gasteiger partial charge on any atom is -0.515 e. The Bertz CT molecular complexity index is 618. The lowest BCUT2D eigenvalue weighted by Gasteiger charge is -2.27. The highest BCUT2D eigenvalue weighted by Gasteiger charge is 2.29. The summed E-state index contributed by atoms with van der Waals surface area (Å²) in [5, 5.41) is 1.26. The average molecular weight is 312 g/mol. The second-order valence-electron chi connectivity index (χ2n) is 5.81. The van der Waals surface area contributed by atoms with Crippen LogP contribution < -0.4 is 9.92 Å². The van der Waals surface area contributed by atoms with Crippen LogP contribution >= 0.6 is 0 Å². The first kappa shape index (κ1) is 16.4. The second-order valence-corrected chi connectivity index (χ2v) is 9.62. The normalized spacial score (nSPS) is 12.5. The molecule has 0 heterocycles. The Morgan fingerprint density at radius 2 is 1.45 bits per heavy atom. The van der Waals surface area contributed by atoms with Crippen molar-refractivity contribution in [3.05, 3.63) is 72.2 Å². The van der Waals surface area contributed by atoms with Crippen molar-refractivity contribution in [2.24, 2.45) is 0 Å². The van der Waals surface area contributed by atoms with E-state index in [4.69, 9.17) is 9.16 Å². The van der Waals surface area contributed by atoms with Crippen LogP contribution in [-0.4, -0.2) is 8.32 Å². The Morgan fingerprint density at radius 1 is 0.909 bits per heavy atom. The van der Waals surface area contributed by atoms with E-state index in [-0.39, 0.29) is 0 Å². The summed E-state index contributed by atoms with van der Waals surface area (Å²) in [4.78, 5) is 0. The minimum atomic E-state index is -2.06. The fourth-order valence-electron chi connectivity index (χ4n) is 2.07. The van der Waals surface area contributed by atoms with E-state index in [1.54, 1.807) is 0 Å². The zero-order valence-electron chi connectivity index (χ0n) is 13.8. The van der Waals surface area contributed by atoms with E-state index in [0.29, 0.717) is 5.95 Å². The van der Waals surface area contributed by atoms with Crippen LogP contribution in [0.1, 0.15) is 20.3 Å². The summed E-state index contributed by atoms with van der Waals surface area (Å²) < 4.78 is 12.4. The molecule has 22 heavy (non-hydrogen) atoms. The van der Waals surface area contributed by atoms with E-state index in [2.05, 4.69) is 51.2 Å². The smallest absolute Gasteiger partial charge is 0.280 e. The predicted octanol–water partition coefficient (Wildman–Crippen LogP) is 4.84. The molecular formula is C19H24O2Si. The fraction of sp³-hybridized carbons (Fsp3) is 0.263. The molecule has 0 aliphatic carbocycles. The van der Waals surface area contributed by atoms with Gasteiger partial charge in [0.25, 0.3) is 14.3 Å². The number of allylic oxidation sites excluding steroid dienone is 1. The van der Waals surface area contributed by atoms with Crippen LogP contribution in [0.25, 0.3) is 0 Å². The summed E-state index contributed by atoms with van der Waals surface area (Å²) in [6, 6.07) is 20.2. The van der Waals surface area contributed by atoms with Crippen molar-refractivity contribution < 1.29 is 9.16 Å². The molecule has 0 aliphatic rings. The van der Waals surface area contributed by atoms with Gasteiger partial charge >= 0.3 is 0 Å². The number of rotatable bonds is 6. The molecule has 2 aromatic rings. The van der Waals surface area contributed by atoms with Gasteiger partial charge in [-0.15, -0.1) is 0 Å². The summed E-state index contributed by atoms with van der Waals surface area (Å²) in [7, 11) is -2.06. The van der Waals surface area contributed by atoms with Gasteiger partial charge in [0.2, 0.25) is 0 Å². The molecule has 0 amide bonds. The van der Waals surface area contributed by atoms with Gasteiger partial charge in [0.1, 0.15) is 5.75 Å². The first-order valence-electron chi connectivity index (χ1n) is 7.70. The van der Waals surface area contributed by atoms with Gasteiger partial charge in [0, 0.05) is 5.57 Å². The van der Waals surface area contributed by atoms with E-state index >= 15 is 0 Å². The van der Waals surface area contributed by atoms with E-state index in [1.165, 1.54) is 5.19 Å². The van der Waals surface area contributed by atoms with Gasteiger partial charge in [0.05, 0.1) is 0 Å². The maximum Gasteiger partial charge on any atom is 0.280 e. The molecule has 2 aromatic carbocycles. The Kier molecular flexibility index (Phi) is 5.44. The molecule has 0 spiro atoms. The third kappa shape index (κ3) is 4.24. The van der Waals surface area contributed by atoms with Gasteiger partial charge in [-0.3, -0.25) is 0 Å². The first-order chi connectivity index (χ1) is 10.5. The number of ether oxygens (including phenoxy) is 1. The highest BCUT2D eigenvalue weighted by Crippen LogP contribution is 2.21. The van der Waals surface area contributed by atoms with Crippen LogP contribution in [0, 0.1) is 0 Å². The molecule has 0 aromatic heterocycles. The third-order valence-electron chi connectivity index (χ3n) is 3.65. The molecule has 116 valence electrons. The largest absolute Gasteiger partial charge is 0.515 e. The number of benzene rings is 2. The quantitative estimate of drug-likeness (QED) is 0.561. The summed E-state index contributed by atoms with van der Waals surface area (Å²) >= 11 is 0. The topological polar surface area (TPSA) is 18.5 Å². The average Bonchev–Trinajstić information content (AvgIpc) is 2.55. The Hall–Kier alpha value is -2.00. The maximum atomic E-state index is 6.38. The highest BCUT2D eigenvalue weighted by molar-refractivity contribution is 6.84. The van der Waals surface area contributed by atoms with Crippen molar-refractivity contribution in [1.82, 2.24) is 0 Å². The Labute approximate surface area is 134 Å². The molecule has 2 rings (SSSR count). The van der Waals surface area contributed by atoms with Crippen molar-refractivity contribution in [2.75, 3.05) is 0 Å². The lowest BCUT2D eigenvalue weighted by Crippen LogP contribution is -2.45. The van der Waals surface area contributed by atoms with Gasteiger partial charge in [-0.25, -0.2) is 0 Å². The number of hydrogen-bond donors (Lipinski definition) is 0. The maximum absolute atomic E-state index is 6.38. The predicted molar refractivity (Wildman–Crippen MR) is 94.7 cm³/mol. The van der Waals surface area contributed by atoms with E-state index < -0.39 is 8.32 Å². The molecule has 0 fully saturated rings. The van der Waals surface area contributed by atoms with Crippen LogP contribution in [0.3, 0.4) is 0 Å². The van der Waals surface area contributed by atoms with Crippen molar-refractivity contribution >= 4 is 13.5 Å². The van der Waals surface area contributed by atoms with Gasteiger partial charge in [-0.2, -0.15) is 0 Å². The van der Waals surface area contributed by atoms with E-state index in [9.17, 15) is 0 Å². The molecule has 0 N–H and O–H groups in total. The number of hydrogen-bond acceptors (Lipinski definition) is 2. The molecule has 0 bridgehead atoms. The van der Waals surface area contributed by atoms with E-state index in [1.807, 2.05) is 36.4 Å². The van der Waals surface area contributed by atoms with Gasteiger partial charge in [-0.05, 0) is 43.8 Å². The monoisotopic (exact) mass is 312 g/mol. The SMILES string of the molecule is CC/C(C)=C(\Oc1ccccc1)O[Si](C)(C)c1ccccc1. The number of para-hydroxylation sites is 1. The molecule has 0 saturated heterocycles. The van der Waals surface area contributed by atoms with Crippen molar-refractivity contribution in [2.45, 2.75) is 33.4 Å². The molecule has 0 atom stereocenters. The van der Waals surface area contributed by atoms with Gasteiger partial charge in [0.15, 0.2) is 0 Å². The summed E-state index contributed by atoms with van der Waals surface area (Å²) in [5.41, 5.74) is 1.13. The van der Waals surface area contributed by atoms with Gasteiger partial charge in [-0.1, -0.05) is 55.5 Å². The molecule has 0 radical (unpaired) electrons. The summed E-state index contributed by atoms with van der Waals surface area (Å²) in [6.07, 6.45) is 0.904. The Balaban J connectivity index is 2.24. The Morgan fingerprint density at radius 3 is 2.00 bits per heavy atom. The van der Waals surface area contributed by atoms with Crippen molar-refractivity contribution in [3.8, 4) is 5.75 Å². The highest BCUT2D eigenvalue weighted by atomic mass is 28.4. The molecule has 3 heteroatoms. The molecular weight excluding hydrogens is 288 g/mol. The third-order valence-corrected chi connectivity index (χ3v) is 6.07. The lowest BCUT2D eigenvalue weighted by atomic mass is 10.2. The minimum absolute atomic E-state index is 0.647. The van der Waals surface area contributed by atoms with Crippen LogP contribution in [0.4, 0.5) is 0 Å². The summed E-state index contributed by atoms with van der Waals surface area (Å²) in [6.45, 7) is 8.57. The lowest BCUT2D eigenvalue weighted by molar-refractivity contribution is 0.216. The first-order valence-corrected chi connectivity index (χ1v) is 10.6. The van der Waals surface area contributed by atoms with Crippen molar-refractivity contribution in [3.63, 3.8) is 0 Å². The molecule has 0 aliphatic heterocycles. The zero-order chi connectivity index (χ0) is 16.0. The molecule has 2 nitrogen and oxygen atoms in total. The summed E-state index contributed by atoms with van der Waals surface area (Å²) in [5.74, 6) is 1.46. The molecule has 0 saturated carbocycles.